The smallest absolute Gasteiger partial charge is 0.245 e. The van der Waals surface area contributed by atoms with E-state index in [-0.39, 0.29) is 11.8 Å². The predicted molar refractivity (Wildman–Crippen MR) is 87.3 cm³/mol. The van der Waals surface area contributed by atoms with Crippen LogP contribution in [0.4, 0.5) is 0 Å². The van der Waals surface area contributed by atoms with Crippen LogP contribution in [0.15, 0.2) is 35.2 Å². The van der Waals surface area contributed by atoms with Crippen LogP contribution in [0.2, 0.25) is 0 Å². The minimum Gasteiger partial charge on any atom is -0.344 e. The third kappa shape index (κ3) is 6.67. The summed E-state index contributed by atoms with van der Waals surface area (Å²) in [5.41, 5.74) is 0. The fourth-order valence-electron chi connectivity index (χ4n) is 1.89. The molecule has 0 radical (unpaired) electrons. The summed E-state index contributed by atoms with van der Waals surface area (Å²) in [6, 6.07) is 9.41. The van der Waals surface area contributed by atoms with Crippen molar-refractivity contribution < 1.29 is 9.59 Å². The van der Waals surface area contributed by atoms with Gasteiger partial charge in [-0.05, 0) is 18.6 Å². The van der Waals surface area contributed by atoms with Gasteiger partial charge in [-0.3, -0.25) is 9.59 Å². The van der Waals surface area contributed by atoms with Gasteiger partial charge in [0.15, 0.2) is 0 Å². The number of unbranched alkanes of at least 4 members (excludes halogenated alkanes) is 1. The number of amides is 2. The Morgan fingerprint density at radius 1 is 1.29 bits per heavy atom. The molecular weight excluding hydrogens is 284 g/mol. The molecule has 0 aliphatic carbocycles. The van der Waals surface area contributed by atoms with Crippen molar-refractivity contribution in [3.63, 3.8) is 0 Å². The topological polar surface area (TPSA) is 49.4 Å². The molecule has 0 saturated heterocycles. The molecule has 1 rings (SSSR count). The first-order chi connectivity index (χ1) is 10.0. The molecule has 1 atom stereocenters. The second-order valence-corrected chi connectivity index (χ2v) is 6.08. The predicted octanol–water partition coefficient (Wildman–Crippen LogP) is 2.54. The number of hydrogen-bond donors (Lipinski definition) is 1. The molecule has 0 aliphatic heterocycles. The van der Waals surface area contributed by atoms with E-state index in [1.165, 1.54) is 6.92 Å². The van der Waals surface area contributed by atoms with Crippen molar-refractivity contribution in [3.05, 3.63) is 30.3 Å². The van der Waals surface area contributed by atoms with Crippen molar-refractivity contribution in [1.29, 1.82) is 0 Å². The molecule has 0 fully saturated rings. The Kier molecular flexibility index (Phi) is 7.90. The summed E-state index contributed by atoms with van der Waals surface area (Å²) in [6.07, 6.45) is 2.02. The van der Waals surface area contributed by atoms with Crippen LogP contribution in [0.25, 0.3) is 0 Å². The number of rotatable bonds is 8. The molecule has 5 heteroatoms. The SMILES string of the molecule is CCCCN(C)C(=O)C(CSc1ccccc1)NC(C)=O. The van der Waals surface area contributed by atoms with E-state index in [0.717, 1.165) is 24.3 Å². The lowest BCUT2D eigenvalue weighted by atomic mass is 10.2. The third-order valence-electron chi connectivity index (χ3n) is 3.06. The van der Waals surface area contributed by atoms with Crippen molar-refractivity contribution >= 4 is 23.6 Å². The number of hydrogen-bond acceptors (Lipinski definition) is 3. The van der Waals surface area contributed by atoms with Gasteiger partial charge in [0.1, 0.15) is 6.04 Å². The molecule has 0 saturated carbocycles. The molecule has 1 unspecified atom stereocenters. The van der Waals surface area contributed by atoms with Crippen LogP contribution in [-0.2, 0) is 9.59 Å². The Morgan fingerprint density at radius 3 is 2.52 bits per heavy atom. The van der Waals surface area contributed by atoms with Crippen LogP contribution in [0.5, 0.6) is 0 Å². The van der Waals surface area contributed by atoms with Gasteiger partial charge >= 0.3 is 0 Å². The quantitative estimate of drug-likeness (QED) is 0.751. The Bertz CT molecular complexity index is 451. The van der Waals surface area contributed by atoms with Gasteiger partial charge in [-0.15, -0.1) is 11.8 Å². The molecule has 1 aromatic rings. The summed E-state index contributed by atoms with van der Waals surface area (Å²) in [7, 11) is 1.79. The average Bonchev–Trinajstić information content (AvgIpc) is 2.49. The summed E-state index contributed by atoms with van der Waals surface area (Å²) in [5.74, 6) is 0.340. The van der Waals surface area contributed by atoms with Gasteiger partial charge < -0.3 is 10.2 Å². The van der Waals surface area contributed by atoms with E-state index in [1.807, 2.05) is 30.3 Å². The van der Waals surface area contributed by atoms with Crippen molar-refractivity contribution in [3.8, 4) is 0 Å². The molecule has 2 amide bonds. The number of carbonyl (C=O) groups is 2. The highest BCUT2D eigenvalue weighted by Gasteiger charge is 2.22. The van der Waals surface area contributed by atoms with E-state index in [2.05, 4.69) is 12.2 Å². The average molecular weight is 308 g/mol. The first-order valence-electron chi connectivity index (χ1n) is 7.24. The fourth-order valence-corrected chi connectivity index (χ4v) is 2.82. The van der Waals surface area contributed by atoms with Crippen LogP contribution < -0.4 is 5.32 Å². The van der Waals surface area contributed by atoms with E-state index in [9.17, 15) is 9.59 Å². The van der Waals surface area contributed by atoms with E-state index in [1.54, 1.807) is 23.7 Å². The number of likely N-dealkylation sites (N-methyl/N-ethyl adjacent to an activating group) is 1. The lowest BCUT2D eigenvalue weighted by Gasteiger charge is -2.24. The fraction of sp³-hybridized carbons (Fsp3) is 0.500. The number of nitrogens with one attached hydrogen (secondary N) is 1. The minimum absolute atomic E-state index is 0.0259. The Balaban J connectivity index is 2.62. The molecule has 0 aromatic heterocycles. The molecule has 0 aliphatic rings. The van der Waals surface area contributed by atoms with Gasteiger partial charge in [0.05, 0.1) is 0 Å². The molecular formula is C16H24N2O2S. The molecule has 1 N–H and O–H groups in total. The van der Waals surface area contributed by atoms with Gasteiger partial charge in [0, 0.05) is 31.2 Å². The normalized spacial score (nSPS) is 11.8. The van der Waals surface area contributed by atoms with Crippen molar-refractivity contribution in [1.82, 2.24) is 10.2 Å². The standard InChI is InChI=1S/C16H24N2O2S/c1-4-5-11-18(3)16(20)15(17-13(2)19)12-21-14-9-7-6-8-10-14/h6-10,15H,4-5,11-12H2,1-3H3,(H,17,19). The highest BCUT2D eigenvalue weighted by atomic mass is 32.2. The zero-order valence-corrected chi connectivity index (χ0v) is 13.8. The zero-order chi connectivity index (χ0) is 15.7. The highest BCUT2D eigenvalue weighted by Crippen LogP contribution is 2.18. The van der Waals surface area contributed by atoms with Crippen LogP contribution in [0, 0.1) is 0 Å². The van der Waals surface area contributed by atoms with E-state index < -0.39 is 6.04 Å². The van der Waals surface area contributed by atoms with Crippen LogP contribution >= 0.6 is 11.8 Å². The van der Waals surface area contributed by atoms with Crippen LogP contribution in [-0.4, -0.2) is 42.1 Å². The first-order valence-corrected chi connectivity index (χ1v) is 8.23. The highest BCUT2D eigenvalue weighted by molar-refractivity contribution is 7.99. The Hall–Kier alpha value is -1.49. The molecule has 0 bridgehead atoms. The molecule has 0 heterocycles. The maximum Gasteiger partial charge on any atom is 0.245 e. The summed E-state index contributed by atoms with van der Waals surface area (Å²) < 4.78 is 0. The van der Waals surface area contributed by atoms with Crippen LogP contribution in [0.1, 0.15) is 26.7 Å². The van der Waals surface area contributed by atoms with Gasteiger partial charge in [-0.25, -0.2) is 0 Å². The Labute approximate surface area is 131 Å². The molecule has 116 valence electrons. The summed E-state index contributed by atoms with van der Waals surface area (Å²) in [5, 5.41) is 2.76. The molecule has 4 nitrogen and oxygen atoms in total. The van der Waals surface area contributed by atoms with Gasteiger partial charge in [-0.2, -0.15) is 0 Å². The van der Waals surface area contributed by atoms with Gasteiger partial charge in [0.25, 0.3) is 0 Å². The second-order valence-electron chi connectivity index (χ2n) is 4.99. The minimum atomic E-state index is -0.477. The summed E-state index contributed by atoms with van der Waals surface area (Å²) in [6.45, 7) is 4.26. The number of nitrogens with zero attached hydrogens (tertiary/aromatic N) is 1. The lowest BCUT2D eigenvalue weighted by molar-refractivity contribution is -0.134. The van der Waals surface area contributed by atoms with Crippen LogP contribution in [0.3, 0.4) is 0 Å². The van der Waals surface area contributed by atoms with Crippen molar-refractivity contribution in [2.24, 2.45) is 0 Å². The number of benzene rings is 1. The summed E-state index contributed by atoms with van der Waals surface area (Å²) in [4.78, 5) is 26.5. The van der Waals surface area contributed by atoms with Crippen molar-refractivity contribution in [2.75, 3.05) is 19.3 Å². The first kappa shape index (κ1) is 17.6. The van der Waals surface area contributed by atoms with E-state index >= 15 is 0 Å². The molecule has 0 spiro atoms. The lowest BCUT2D eigenvalue weighted by Crippen LogP contribution is -2.48. The molecule has 21 heavy (non-hydrogen) atoms. The maximum atomic E-state index is 12.4. The third-order valence-corrected chi connectivity index (χ3v) is 4.16. The maximum absolute atomic E-state index is 12.4. The molecule has 1 aromatic carbocycles. The number of carbonyl (C=O) groups excluding carboxylic acids is 2. The monoisotopic (exact) mass is 308 g/mol. The summed E-state index contributed by atoms with van der Waals surface area (Å²) >= 11 is 1.58. The van der Waals surface area contributed by atoms with E-state index in [4.69, 9.17) is 0 Å². The van der Waals surface area contributed by atoms with Gasteiger partial charge in [0.2, 0.25) is 11.8 Å². The zero-order valence-electron chi connectivity index (χ0n) is 13.0. The second kappa shape index (κ2) is 9.45. The van der Waals surface area contributed by atoms with Crippen molar-refractivity contribution in [2.45, 2.75) is 37.6 Å². The van der Waals surface area contributed by atoms with E-state index in [0.29, 0.717) is 5.75 Å². The number of thioether (sulfide) groups is 1. The largest absolute Gasteiger partial charge is 0.344 e. The Morgan fingerprint density at radius 2 is 1.95 bits per heavy atom. The van der Waals surface area contributed by atoms with Gasteiger partial charge in [-0.1, -0.05) is 31.5 Å².